The van der Waals surface area contributed by atoms with Crippen LogP contribution in [-0.4, -0.2) is 36.1 Å². The molecule has 0 saturated heterocycles. The molecule has 1 N–H and O–H groups in total. The van der Waals surface area contributed by atoms with E-state index in [1.807, 2.05) is 0 Å². The van der Waals surface area contributed by atoms with Crippen LogP contribution in [0.2, 0.25) is 0 Å². The molecule has 0 spiro atoms. The standard InChI is InChI=1S/C13H16FN5O/c1-8-6-5-7-9(10(8)14)20-13-17-11(15-2)16-12(18-13)19(3)4/h5-7H,1-4H3,(H,15,16,17,18). The van der Waals surface area contributed by atoms with Gasteiger partial charge < -0.3 is 15.0 Å². The fraction of sp³-hybridized carbons (Fsp3) is 0.308. The molecule has 0 saturated carbocycles. The van der Waals surface area contributed by atoms with Gasteiger partial charge in [-0.25, -0.2) is 4.39 Å². The average Bonchev–Trinajstić information content (AvgIpc) is 2.43. The summed E-state index contributed by atoms with van der Waals surface area (Å²) in [5.41, 5.74) is 0.498. The van der Waals surface area contributed by atoms with Gasteiger partial charge in [-0.2, -0.15) is 15.0 Å². The Labute approximate surface area is 116 Å². The lowest BCUT2D eigenvalue weighted by Gasteiger charge is -2.13. The van der Waals surface area contributed by atoms with Gasteiger partial charge in [-0.15, -0.1) is 0 Å². The zero-order valence-electron chi connectivity index (χ0n) is 11.8. The normalized spacial score (nSPS) is 10.2. The number of hydrogen-bond donors (Lipinski definition) is 1. The van der Waals surface area contributed by atoms with Crippen LogP contribution >= 0.6 is 0 Å². The fourth-order valence-corrected chi connectivity index (χ4v) is 1.50. The van der Waals surface area contributed by atoms with Crippen LogP contribution in [-0.2, 0) is 0 Å². The molecule has 106 valence electrons. The Balaban J connectivity index is 2.37. The number of nitrogens with one attached hydrogen (secondary N) is 1. The van der Waals surface area contributed by atoms with Crippen molar-refractivity contribution in [1.82, 2.24) is 15.0 Å². The lowest BCUT2D eigenvalue weighted by molar-refractivity contribution is 0.408. The van der Waals surface area contributed by atoms with Gasteiger partial charge in [-0.3, -0.25) is 0 Å². The summed E-state index contributed by atoms with van der Waals surface area (Å²) in [7, 11) is 5.28. The summed E-state index contributed by atoms with van der Waals surface area (Å²) in [6.07, 6.45) is 0. The third kappa shape index (κ3) is 2.93. The van der Waals surface area contributed by atoms with Crippen LogP contribution in [0.4, 0.5) is 16.3 Å². The molecule has 7 heteroatoms. The van der Waals surface area contributed by atoms with E-state index in [0.29, 0.717) is 17.5 Å². The van der Waals surface area contributed by atoms with Gasteiger partial charge in [0.1, 0.15) is 0 Å². The number of anilines is 2. The number of aryl methyl sites for hydroxylation is 1. The van der Waals surface area contributed by atoms with Crippen molar-refractivity contribution < 1.29 is 9.13 Å². The first-order chi connectivity index (χ1) is 9.51. The Morgan fingerprint density at radius 2 is 1.95 bits per heavy atom. The van der Waals surface area contributed by atoms with Gasteiger partial charge >= 0.3 is 6.01 Å². The van der Waals surface area contributed by atoms with E-state index in [4.69, 9.17) is 4.74 Å². The van der Waals surface area contributed by atoms with Crippen molar-refractivity contribution in [3.05, 3.63) is 29.6 Å². The number of rotatable bonds is 4. The highest BCUT2D eigenvalue weighted by Gasteiger charge is 2.12. The minimum Gasteiger partial charge on any atom is -0.421 e. The molecule has 0 atom stereocenters. The second-order valence-corrected chi connectivity index (χ2v) is 4.38. The monoisotopic (exact) mass is 277 g/mol. The molecular formula is C13H16FN5O. The van der Waals surface area contributed by atoms with Crippen LogP contribution in [0.3, 0.4) is 0 Å². The molecule has 0 aliphatic carbocycles. The summed E-state index contributed by atoms with van der Waals surface area (Å²) in [6.45, 7) is 1.67. The Hall–Kier alpha value is -2.44. The van der Waals surface area contributed by atoms with E-state index in [9.17, 15) is 4.39 Å². The maximum absolute atomic E-state index is 13.9. The van der Waals surface area contributed by atoms with Crippen LogP contribution in [0, 0.1) is 12.7 Å². The van der Waals surface area contributed by atoms with Gasteiger partial charge in [0.25, 0.3) is 0 Å². The molecule has 0 aliphatic heterocycles. The van der Waals surface area contributed by atoms with Crippen molar-refractivity contribution in [2.24, 2.45) is 0 Å². The zero-order chi connectivity index (χ0) is 14.7. The predicted octanol–water partition coefficient (Wildman–Crippen LogP) is 2.22. The fourth-order valence-electron chi connectivity index (χ4n) is 1.50. The van der Waals surface area contributed by atoms with Crippen molar-refractivity contribution in [2.75, 3.05) is 31.4 Å². The van der Waals surface area contributed by atoms with Crippen molar-refractivity contribution >= 4 is 11.9 Å². The maximum Gasteiger partial charge on any atom is 0.328 e. The Morgan fingerprint density at radius 1 is 1.20 bits per heavy atom. The Morgan fingerprint density at radius 3 is 2.60 bits per heavy atom. The average molecular weight is 277 g/mol. The summed E-state index contributed by atoms with van der Waals surface area (Å²) in [5, 5.41) is 2.81. The molecule has 6 nitrogen and oxygen atoms in total. The van der Waals surface area contributed by atoms with E-state index in [2.05, 4.69) is 20.3 Å². The summed E-state index contributed by atoms with van der Waals surface area (Å²) < 4.78 is 19.3. The zero-order valence-corrected chi connectivity index (χ0v) is 11.8. The van der Waals surface area contributed by atoms with Gasteiger partial charge in [0.05, 0.1) is 0 Å². The number of benzene rings is 1. The topological polar surface area (TPSA) is 63.2 Å². The van der Waals surface area contributed by atoms with E-state index in [1.54, 1.807) is 45.1 Å². The third-order valence-corrected chi connectivity index (χ3v) is 2.58. The van der Waals surface area contributed by atoms with Crippen molar-refractivity contribution in [3.8, 4) is 11.8 Å². The van der Waals surface area contributed by atoms with Gasteiger partial charge in [0.2, 0.25) is 11.9 Å². The first-order valence-electron chi connectivity index (χ1n) is 6.05. The number of nitrogens with zero attached hydrogens (tertiary/aromatic N) is 4. The van der Waals surface area contributed by atoms with E-state index in [0.717, 1.165) is 0 Å². The number of hydrogen-bond acceptors (Lipinski definition) is 6. The molecule has 2 aromatic rings. The maximum atomic E-state index is 13.9. The molecule has 20 heavy (non-hydrogen) atoms. The highest BCUT2D eigenvalue weighted by Crippen LogP contribution is 2.25. The van der Waals surface area contributed by atoms with Crippen LogP contribution in [0.25, 0.3) is 0 Å². The molecule has 1 heterocycles. The van der Waals surface area contributed by atoms with Gasteiger partial charge in [0.15, 0.2) is 11.6 Å². The van der Waals surface area contributed by atoms with E-state index in [1.165, 1.54) is 6.07 Å². The smallest absolute Gasteiger partial charge is 0.328 e. The molecule has 0 amide bonds. The molecule has 0 aliphatic rings. The van der Waals surface area contributed by atoms with Gasteiger partial charge in [-0.1, -0.05) is 12.1 Å². The Bertz CT molecular complexity index is 618. The first-order valence-corrected chi connectivity index (χ1v) is 6.05. The molecule has 2 rings (SSSR count). The van der Waals surface area contributed by atoms with Crippen LogP contribution in [0.5, 0.6) is 11.8 Å². The second-order valence-electron chi connectivity index (χ2n) is 4.38. The summed E-state index contributed by atoms with van der Waals surface area (Å²) in [4.78, 5) is 14.0. The molecule has 0 radical (unpaired) electrons. The molecule has 1 aromatic heterocycles. The SMILES string of the molecule is CNc1nc(Oc2cccc(C)c2F)nc(N(C)C)n1. The second kappa shape index (κ2) is 5.68. The van der Waals surface area contributed by atoms with Crippen LogP contribution < -0.4 is 15.0 Å². The number of ether oxygens (including phenoxy) is 1. The van der Waals surface area contributed by atoms with E-state index in [-0.39, 0.29) is 11.8 Å². The lowest BCUT2D eigenvalue weighted by Crippen LogP contribution is -2.15. The first kappa shape index (κ1) is 14.0. The van der Waals surface area contributed by atoms with Crippen molar-refractivity contribution in [1.29, 1.82) is 0 Å². The number of halogens is 1. The molecular weight excluding hydrogens is 261 g/mol. The molecule has 0 bridgehead atoms. The highest BCUT2D eigenvalue weighted by atomic mass is 19.1. The van der Waals surface area contributed by atoms with Crippen LogP contribution in [0.15, 0.2) is 18.2 Å². The minimum absolute atomic E-state index is 0.0394. The van der Waals surface area contributed by atoms with Crippen molar-refractivity contribution in [2.45, 2.75) is 6.92 Å². The lowest BCUT2D eigenvalue weighted by atomic mass is 10.2. The summed E-state index contributed by atoms with van der Waals surface area (Å²) in [5.74, 6) is 0.437. The summed E-state index contributed by atoms with van der Waals surface area (Å²) in [6, 6.07) is 4.94. The Kier molecular flexibility index (Phi) is 3.97. The van der Waals surface area contributed by atoms with E-state index >= 15 is 0 Å². The highest BCUT2D eigenvalue weighted by molar-refractivity contribution is 5.38. The molecule has 0 unspecified atom stereocenters. The molecule has 0 fully saturated rings. The van der Waals surface area contributed by atoms with Crippen LogP contribution in [0.1, 0.15) is 5.56 Å². The number of aromatic nitrogens is 3. The molecule has 1 aromatic carbocycles. The third-order valence-electron chi connectivity index (χ3n) is 2.58. The largest absolute Gasteiger partial charge is 0.421 e. The van der Waals surface area contributed by atoms with Gasteiger partial charge in [-0.05, 0) is 18.6 Å². The minimum atomic E-state index is -0.426. The van der Waals surface area contributed by atoms with Crippen molar-refractivity contribution in [3.63, 3.8) is 0 Å². The quantitative estimate of drug-likeness (QED) is 0.924. The predicted molar refractivity (Wildman–Crippen MR) is 74.9 cm³/mol. The van der Waals surface area contributed by atoms with E-state index < -0.39 is 5.82 Å². The summed E-state index contributed by atoms with van der Waals surface area (Å²) >= 11 is 0. The van der Waals surface area contributed by atoms with Gasteiger partial charge in [0, 0.05) is 21.1 Å².